The molecule has 0 aliphatic rings. The van der Waals surface area contributed by atoms with Gasteiger partial charge in [0.15, 0.2) is 24.2 Å². The first-order valence-corrected chi connectivity index (χ1v) is 8.61. The van der Waals surface area contributed by atoms with Crippen LogP contribution in [0.15, 0.2) is 48.5 Å². The maximum atomic E-state index is 12.8. The summed E-state index contributed by atoms with van der Waals surface area (Å²) >= 11 is 0. The van der Waals surface area contributed by atoms with Crippen LogP contribution in [0.25, 0.3) is 0 Å². The number of amides is 1. The Morgan fingerprint density at radius 3 is 2.43 bits per heavy atom. The lowest BCUT2D eigenvalue weighted by molar-refractivity contribution is -0.154. The molecule has 28 heavy (non-hydrogen) atoms. The van der Waals surface area contributed by atoms with Crippen molar-refractivity contribution in [1.29, 1.82) is 0 Å². The normalized spacial score (nSPS) is 11.2. The first-order valence-electron chi connectivity index (χ1n) is 8.61. The summed E-state index contributed by atoms with van der Waals surface area (Å²) in [4.78, 5) is 23.6. The number of carbonyl (C=O) groups excluding carboxylic acids is 2. The van der Waals surface area contributed by atoms with Crippen molar-refractivity contribution in [3.05, 3.63) is 54.3 Å². The highest BCUT2D eigenvalue weighted by Crippen LogP contribution is 2.25. The second kappa shape index (κ2) is 10.8. The molecule has 0 unspecified atom stereocenters. The summed E-state index contributed by atoms with van der Waals surface area (Å²) < 4.78 is 33.8. The number of ether oxygens (including phenoxy) is 4. The van der Waals surface area contributed by atoms with E-state index in [1.165, 1.54) is 31.2 Å². The van der Waals surface area contributed by atoms with Crippen molar-refractivity contribution in [3.8, 4) is 17.2 Å². The molecule has 0 aliphatic heterocycles. The molecule has 0 aromatic heterocycles. The smallest absolute Gasteiger partial charge is 0.347 e. The number of hydrogen-bond donors (Lipinski definition) is 1. The lowest BCUT2D eigenvalue weighted by atomic mass is 10.3. The second-order valence-electron chi connectivity index (χ2n) is 5.67. The average Bonchev–Trinajstić information content (AvgIpc) is 2.71. The predicted octanol–water partition coefficient (Wildman–Crippen LogP) is 2.34. The lowest BCUT2D eigenvalue weighted by Gasteiger charge is -2.14. The number of halogens is 1. The molecule has 0 radical (unpaired) electrons. The van der Waals surface area contributed by atoms with Gasteiger partial charge in [-0.3, -0.25) is 4.79 Å². The lowest BCUT2D eigenvalue weighted by Crippen LogP contribution is -2.34. The standard InChI is InChI=1S/C20H22FNO6/c1-14(28-16-9-7-15(21)8-10-16)20(24)27-13-19(23)22-11-12-26-18-6-4-3-5-17(18)25-2/h3-10,14H,11-13H2,1-2H3,(H,22,23)/t14-/m1/s1. The van der Waals surface area contributed by atoms with Crippen molar-refractivity contribution in [2.45, 2.75) is 13.0 Å². The van der Waals surface area contributed by atoms with Gasteiger partial charge in [0.25, 0.3) is 5.91 Å². The molecule has 0 spiro atoms. The fourth-order valence-electron chi connectivity index (χ4n) is 2.16. The minimum absolute atomic E-state index is 0.226. The Bertz CT molecular complexity index is 781. The summed E-state index contributed by atoms with van der Waals surface area (Å²) in [5.41, 5.74) is 0. The predicted molar refractivity (Wildman–Crippen MR) is 98.9 cm³/mol. The zero-order valence-electron chi connectivity index (χ0n) is 15.6. The van der Waals surface area contributed by atoms with Crippen LogP contribution in [0, 0.1) is 5.82 Å². The number of para-hydroxylation sites is 2. The zero-order valence-corrected chi connectivity index (χ0v) is 15.6. The first-order chi connectivity index (χ1) is 13.5. The Labute approximate surface area is 162 Å². The molecule has 2 aromatic rings. The van der Waals surface area contributed by atoms with Gasteiger partial charge in [-0.25, -0.2) is 9.18 Å². The van der Waals surface area contributed by atoms with Gasteiger partial charge in [0, 0.05) is 0 Å². The van der Waals surface area contributed by atoms with Gasteiger partial charge in [-0.2, -0.15) is 0 Å². The van der Waals surface area contributed by atoms with Gasteiger partial charge < -0.3 is 24.3 Å². The molecule has 150 valence electrons. The SMILES string of the molecule is COc1ccccc1OCCNC(=O)COC(=O)[C@@H](C)Oc1ccc(F)cc1. The van der Waals surface area contributed by atoms with Crippen molar-refractivity contribution in [2.75, 3.05) is 26.9 Å². The number of esters is 1. The van der Waals surface area contributed by atoms with Crippen molar-refractivity contribution in [3.63, 3.8) is 0 Å². The Morgan fingerprint density at radius 2 is 1.75 bits per heavy atom. The van der Waals surface area contributed by atoms with Gasteiger partial charge in [-0.05, 0) is 43.3 Å². The molecule has 7 nitrogen and oxygen atoms in total. The molecule has 2 aromatic carbocycles. The largest absolute Gasteiger partial charge is 0.493 e. The molecular formula is C20H22FNO6. The highest BCUT2D eigenvalue weighted by molar-refractivity contribution is 5.81. The van der Waals surface area contributed by atoms with Crippen LogP contribution in [-0.2, 0) is 14.3 Å². The van der Waals surface area contributed by atoms with E-state index in [9.17, 15) is 14.0 Å². The summed E-state index contributed by atoms with van der Waals surface area (Å²) in [5, 5.41) is 2.58. The van der Waals surface area contributed by atoms with Gasteiger partial charge in [-0.15, -0.1) is 0 Å². The Morgan fingerprint density at radius 1 is 1.07 bits per heavy atom. The van der Waals surface area contributed by atoms with Crippen LogP contribution in [0.4, 0.5) is 4.39 Å². The van der Waals surface area contributed by atoms with E-state index in [0.29, 0.717) is 17.2 Å². The number of methoxy groups -OCH3 is 1. The molecule has 0 heterocycles. The maximum Gasteiger partial charge on any atom is 0.347 e. The van der Waals surface area contributed by atoms with Gasteiger partial charge in [0.1, 0.15) is 18.2 Å². The topological polar surface area (TPSA) is 83.1 Å². The molecule has 1 atom stereocenters. The number of rotatable bonds is 10. The van der Waals surface area contributed by atoms with Crippen LogP contribution in [0.1, 0.15) is 6.92 Å². The number of nitrogens with one attached hydrogen (secondary N) is 1. The minimum atomic E-state index is -0.938. The van der Waals surface area contributed by atoms with E-state index in [0.717, 1.165) is 0 Å². The molecule has 0 saturated heterocycles. The second-order valence-corrected chi connectivity index (χ2v) is 5.67. The number of carbonyl (C=O) groups is 2. The third kappa shape index (κ3) is 6.79. The summed E-state index contributed by atoms with van der Waals surface area (Å²) in [7, 11) is 1.54. The summed E-state index contributed by atoms with van der Waals surface area (Å²) in [6, 6.07) is 12.4. The molecule has 0 saturated carbocycles. The van der Waals surface area contributed by atoms with Gasteiger partial charge in [0.05, 0.1) is 13.7 Å². The fraction of sp³-hybridized carbons (Fsp3) is 0.300. The van der Waals surface area contributed by atoms with Crippen LogP contribution in [-0.4, -0.2) is 44.8 Å². The number of benzene rings is 2. The number of hydrogen-bond acceptors (Lipinski definition) is 6. The van der Waals surface area contributed by atoms with E-state index >= 15 is 0 Å². The summed E-state index contributed by atoms with van der Waals surface area (Å²) in [5.74, 6) is -0.0937. The van der Waals surface area contributed by atoms with Gasteiger partial charge in [0.2, 0.25) is 0 Å². The minimum Gasteiger partial charge on any atom is -0.493 e. The van der Waals surface area contributed by atoms with Crippen LogP contribution in [0.3, 0.4) is 0 Å². The van der Waals surface area contributed by atoms with Crippen molar-refractivity contribution >= 4 is 11.9 Å². The van der Waals surface area contributed by atoms with E-state index in [1.807, 2.05) is 12.1 Å². The van der Waals surface area contributed by atoms with Crippen LogP contribution in [0.5, 0.6) is 17.2 Å². The Balaban J connectivity index is 1.64. The third-order valence-electron chi connectivity index (χ3n) is 3.55. The van der Waals surface area contributed by atoms with Crippen molar-refractivity contribution in [2.24, 2.45) is 0 Å². The molecule has 0 fully saturated rings. The molecule has 0 aliphatic carbocycles. The Hall–Kier alpha value is -3.29. The van der Waals surface area contributed by atoms with E-state index < -0.39 is 30.4 Å². The van der Waals surface area contributed by atoms with E-state index in [4.69, 9.17) is 18.9 Å². The maximum absolute atomic E-state index is 12.8. The fourth-order valence-corrected chi connectivity index (χ4v) is 2.16. The molecule has 0 bridgehead atoms. The average molecular weight is 391 g/mol. The third-order valence-corrected chi connectivity index (χ3v) is 3.55. The highest BCUT2D eigenvalue weighted by atomic mass is 19.1. The zero-order chi connectivity index (χ0) is 20.4. The Kier molecular flexibility index (Phi) is 8.08. The van der Waals surface area contributed by atoms with Crippen LogP contribution in [0.2, 0.25) is 0 Å². The van der Waals surface area contributed by atoms with Crippen molar-refractivity contribution in [1.82, 2.24) is 5.32 Å². The van der Waals surface area contributed by atoms with Gasteiger partial charge >= 0.3 is 5.97 Å². The quantitative estimate of drug-likeness (QED) is 0.495. The van der Waals surface area contributed by atoms with E-state index in [1.54, 1.807) is 19.2 Å². The monoisotopic (exact) mass is 391 g/mol. The van der Waals surface area contributed by atoms with Crippen molar-refractivity contribution < 1.29 is 32.9 Å². The molecule has 2 rings (SSSR count). The molecule has 1 amide bonds. The first kappa shape index (κ1) is 21.0. The van der Waals surface area contributed by atoms with E-state index in [-0.39, 0.29) is 13.2 Å². The van der Waals surface area contributed by atoms with Gasteiger partial charge in [-0.1, -0.05) is 12.1 Å². The summed E-state index contributed by atoms with van der Waals surface area (Å²) in [6.07, 6.45) is -0.938. The van der Waals surface area contributed by atoms with E-state index in [2.05, 4.69) is 5.32 Å². The molecule has 8 heteroatoms. The molecule has 1 N–H and O–H groups in total. The summed E-state index contributed by atoms with van der Waals surface area (Å²) in [6.45, 7) is 1.50. The van der Waals surface area contributed by atoms with Crippen LogP contribution >= 0.6 is 0 Å². The molecular weight excluding hydrogens is 369 g/mol. The van der Waals surface area contributed by atoms with Crippen LogP contribution < -0.4 is 19.5 Å². The highest BCUT2D eigenvalue weighted by Gasteiger charge is 2.17.